The number of hydrogen-bond acceptors (Lipinski definition) is 4. The van der Waals surface area contributed by atoms with Gasteiger partial charge in [-0.1, -0.05) is 10.8 Å². The smallest absolute Gasteiger partial charge is 0.327 e. The number of nitrogens with one attached hydrogen (secondary N) is 1. The van der Waals surface area contributed by atoms with Crippen LogP contribution in [0.4, 0.5) is 0 Å². The molecule has 0 saturated carbocycles. The minimum absolute atomic E-state index is 0.262. The highest BCUT2D eigenvalue weighted by molar-refractivity contribution is 8.68. The molecule has 0 rings (SSSR count). The van der Waals surface area contributed by atoms with Crippen LogP contribution in [0.2, 0.25) is 0 Å². The van der Waals surface area contributed by atoms with Gasteiger partial charge in [-0.15, -0.1) is 11.7 Å². The third-order valence-corrected chi connectivity index (χ3v) is 1.85. The van der Waals surface area contributed by atoms with Crippen molar-refractivity contribution in [2.24, 2.45) is 0 Å². The number of hydrogen-bond donors (Lipinski definition) is 3. The van der Waals surface area contributed by atoms with Crippen molar-refractivity contribution >= 4 is 34.3 Å². The van der Waals surface area contributed by atoms with Gasteiger partial charge >= 0.3 is 5.97 Å². The number of carbonyl (C=O) groups excluding carboxylic acids is 1. The zero-order valence-corrected chi connectivity index (χ0v) is 7.61. The third-order valence-electron chi connectivity index (χ3n) is 0.917. The van der Waals surface area contributed by atoms with Crippen LogP contribution in [0.1, 0.15) is 6.92 Å². The molecule has 4 nitrogen and oxygen atoms in total. The van der Waals surface area contributed by atoms with E-state index in [0.29, 0.717) is 0 Å². The lowest BCUT2D eigenvalue weighted by Crippen LogP contribution is -2.41. The molecule has 0 aromatic carbocycles. The Kier molecular flexibility index (Phi) is 5.14. The van der Waals surface area contributed by atoms with Crippen molar-refractivity contribution in [3.63, 3.8) is 0 Å². The van der Waals surface area contributed by atoms with E-state index in [9.17, 15) is 9.59 Å². The largest absolute Gasteiger partial charge is 0.480 e. The van der Waals surface area contributed by atoms with Gasteiger partial charge in [0.15, 0.2) is 0 Å². The number of aliphatic carboxylic acids is 1. The first-order valence-electron chi connectivity index (χ1n) is 2.84. The van der Waals surface area contributed by atoms with Crippen LogP contribution in [-0.4, -0.2) is 28.8 Å². The van der Waals surface area contributed by atoms with Crippen LogP contribution in [0.3, 0.4) is 0 Å². The predicted octanol–water partition coefficient (Wildman–Crippen LogP) is 0.154. The molecule has 0 aliphatic carbocycles. The summed E-state index contributed by atoms with van der Waals surface area (Å²) in [5.74, 6) is -1.13. The number of carboxylic acids is 1. The molecule has 1 atom stereocenters. The molecule has 1 unspecified atom stereocenters. The fourth-order valence-corrected chi connectivity index (χ4v) is 1.32. The van der Waals surface area contributed by atoms with Gasteiger partial charge in [-0.05, 0) is 0 Å². The first-order chi connectivity index (χ1) is 5.07. The van der Waals surface area contributed by atoms with E-state index in [0.717, 1.165) is 10.8 Å². The van der Waals surface area contributed by atoms with E-state index in [2.05, 4.69) is 17.0 Å². The standard InChI is InChI=1S/C5H9NO3S2/c1-3(7)6-4(2-11-10)5(8)9/h4,10H,2H2,1H3,(H,6,7)(H,8,9). The highest BCUT2D eigenvalue weighted by Crippen LogP contribution is 2.06. The molecule has 0 radical (unpaired) electrons. The van der Waals surface area contributed by atoms with Crippen LogP contribution < -0.4 is 5.32 Å². The number of rotatable bonds is 4. The minimum Gasteiger partial charge on any atom is -0.480 e. The van der Waals surface area contributed by atoms with Gasteiger partial charge in [0.05, 0.1) is 0 Å². The first kappa shape index (κ1) is 10.6. The fraction of sp³-hybridized carbons (Fsp3) is 0.600. The maximum Gasteiger partial charge on any atom is 0.327 e. The quantitative estimate of drug-likeness (QED) is 0.441. The normalized spacial score (nSPS) is 12.2. The Hall–Kier alpha value is -0.360. The summed E-state index contributed by atoms with van der Waals surface area (Å²) in [6.45, 7) is 1.28. The van der Waals surface area contributed by atoms with Gasteiger partial charge in [0.25, 0.3) is 0 Å². The van der Waals surface area contributed by atoms with E-state index >= 15 is 0 Å². The van der Waals surface area contributed by atoms with Crippen LogP contribution in [0.15, 0.2) is 0 Å². The molecule has 1 amide bonds. The Balaban J connectivity index is 3.89. The Labute approximate surface area is 73.5 Å². The van der Waals surface area contributed by atoms with E-state index in [1.54, 1.807) is 0 Å². The van der Waals surface area contributed by atoms with Crippen molar-refractivity contribution in [2.45, 2.75) is 13.0 Å². The lowest BCUT2D eigenvalue weighted by molar-refractivity contribution is -0.140. The van der Waals surface area contributed by atoms with E-state index in [-0.39, 0.29) is 11.7 Å². The molecule has 11 heavy (non-hydrogen) atoms. The van der Waals surface area contributed by atoms with Gasteiger partial charge in [-0.25, -0.2) is 4.79 Å². The minimum atomic E-state index is -1.04. The summed E-state index contributed by atoms with van der Waals surface area (Å²) in [7, 11) is 1.08. The molecule has 0 saturated heterocycles. The average Bonchev–Trinajstić information content (AvgIpc) is 1.86. The number of carbonyl (C=O) groups is 2. The Bertz CT molecular complexity index is 162. The van der Waals surface area contributed by atoms with Crippen LogP contribution in [0.5, 0.6) is 0 Å². The average molecular weight is 195 g/mol. The van der Waals surface area contributed by atoms with Crippen LogP contribution in [-0.2, 0) is 9.59 Å². The molecule has 0 aliphatic heterocycles. The lowest BCUT2D eigenvalue weighted by atomic mass is 10.3. The summed E-state index contributed by atoms with van der Waals surface area (Å²) in [6.07, 6.45) is 0. The van der Waals surface area contributed by atoms with Crippen molar-refractivity contribution in [1.29, 1.82) is 0 Å². The van der Waals surface area contributed by atoms with Crippen molar-refractivity contribution in [1.82, 2.24) is 5.32 Å². The molecule has 0 aromatic rings. The predicted molar refractivity (Wildman–Crippen MR) is 46.7 cm³/mol. The Morgan fingerprint density at radius 1 is 1.73 bits per heavy atom. The second-order valence-electron chi connectivity index (χ2n) is 1.89. The monoisotopic (exact) mass is 195 g/mol. The van der Waals surface area contributed by atoms with Crippen LogP contribution in [0.25, 0.3) is 0 Å². The summed E-state index contributed by atoms with van der Waals surface area (Å²) < 4.78 is 0. The SMILES string of the molecule is CC(=O)NC(CSS)C(=O)O. The molecule has 2 N–H and O–H groups in total. The van der Waals surface area contributed by atoms with Crippen molar-refractivity contribution < 1.29 is 14.7 Å². The van der Waals surface area contributed by atoms with E-state index in [1.165, 1.54) is 6.92 Å². The van der Waals surface area contributed by atoms with Gasteiger partial charge in [-0.2, -0.15) is 0 Å². The van der Waals surface area contributed by atoms with Gasteiger partial charge in [0.1, 0.15) is 6.04 Å². The van der Waals surface area contributed by atoms with Gasteiger partial charge < -0.3 is 10.4 Å². The molecule has 0 aromatic heterocycles. The van der Waals surface area contributed by atoms with E-state index < -0.39 is 12.0 Å². The molecular weight excluding hydrogens is 186 g/mol. The molecule has 64 valence electrons. The van der Waals surface area contributed by atoms with Crippen molar-refractivity contribution in [2.75, 3.05) is 5.75 Å². The van der Waals surface area contributed by atoms with Crippen LogP contribution >= 0.6 is 22.5 Å². The van der Waals surface area contributed by atoms with Crippen molar-refractivity contribution in [3.05, 3.63) is 0 Å². The highest BCUT2D eigenvalue weighted by Gasteiger charge is 2.16. The van der Waals surface area contributed by atoms with Crippen LogP contribution in [0, 0.1) is 0 Å². The third kappa shape index (κ3) is 4.97. The lowest BCUT2D eigenvalue weighted by Gasteiger charge is -2.10. The maximum absolute atomic E-state index is 10.4. The molecular formula is C5H9NO3S2. The van der Waals surface area contributed by atoms with Crippen molar-refractivity contribution in [3.8, 4) is 0 Å². The molecule has 0 spiro atoms. The molecule has 0 bridgehead atoms. The number of amides is 1. The zero-order valence-electron chi connectivity index (χ0n) is 5.90. The number of carboxylic acid groups (broad SMARTS) is 1. The number of thiol groups is 1. The molecule has 0 heterocycles. The fourth-order valence-electron chi connectivity index (χ4n) is 0.495. The van der Waals surface area contributed by atoms with Gasteiger partial charge in [0, 0.05) is 12.7 Å². The highest BCUT2D eigenvalue weighted by atomic mass is 33.1. The first-order valence-corrected chi connectivity index (χ1v) is 4.88. The second-order valence-corrected chi connectivity index (χ2v) is 3.25. The zero-order chi connectivity index (χ0) is 8.85. The Morgan fingerprint density at radius 2 is 2.27 bits per heavy atom. The summed E-state index contributed by atoms with van der Waals surface area (Å²) >= 11 is 3.78. The summed E-state index contributed by atoms with van der Waals surface area (Å²) in [5, 5.41) is 10.8. The molecule has 6 heteroatoms. The maximum atomic E-state index is 10.4. The summed E-state index contributed by atoms with van der Waals surface area (Å²) in [6, 6.07) is -0.838. The summed E-state index contributed by atoms with van der Waals surface area (Å²) in [5.41, 5.74) is 0. The molecule has 0 fully saturated rings. The van der Waals surface area contributed by atoms with Gasteiger partial charge in [-0.3, -0.25) is 4.79 Å². The van der Waals surface area contributed by atoms with E-state index in [4.69, 9.17) is 5.11 Å². The Morgan fingerprint density at radius 3 is 2.55 bits per heavy atom. The second kappa shape index (κ2) is 5.31. The topological polar surface area (TPSA) is 66.4 Å². The summed E-state index contributed by atoms with van der Waals surface area (Å²) in [4.78, 5) is 20.8. The van der Waals surface area contributed by atoms with Gasteiger partial charge in [0.2, 0.25) is 5.91 Å². The molecule has 0 aliphatic rings. The van der Waals surface area contributed by atoms with E-state index in [1.807, 2.05) is 0 Å².